The number of hydrogen-bond acceptors (Lipinski definition) is 5. The summed E-state index contributed by atoms with van der Waals surface area (Å²) in [6.07, 6.45) is 0. The van der Waals surface area contributed by atoms with Gasteiger partial charge in [0.15, 0.2) is 0 Å². The first-order valence-electron chi connectivity index (χ1n) is 8.30. The molecule has 27 heavy (non-hydrogen) atoms. The van der Waals surface area contributed by atoms with Gasteiger partial charge in [0.1, 0.15) is 10.8 Å². The van der Waals surface area contributed by atoms with Crippen molar-refractivity contribution >= 4 is 23.4 Å². The molecular formula is C20H19N3O3S. The molecule has 0 unspecified atom stereocenters. The van der Waals surface area contributed by atoms with Crippen molar-refractivity contribution < 1.29 is 9.53 Å². The van der Waals surface area contributed by atoms with Gasteiger partial charge in [-0.1, -0.05) is 30.0 Å². The third-order valence-corrected chi connectivity index (χ3v) is 4.78. The van der Waals surface area contributed by atoms with Gasteiger partial charge in [-0.3, -0.25) is 9.59 Å². The van der Waals surface area contributed by atoms with E-state index in [1.807, 2.05) is 31.2 Å². The van der Waals surface area contributed by atoms with Crippen molar-refractivity contribution in [1.29, 1.82) is 0 Å². The average molecular weight is 381 g/mol. The highest BCUT2D eigenvalue weighted by Crippen LogP contribution is 2.18. The molecule has 7 heteroatoms. The van der Waals surface area contributed by atoms with Crippen molar-refractivity contribution in [3.63, 3.8) is 0 Å². The van der Waals surface area contributed by atoms with Crippen LogP contribution in [0.3, 0.4) is 0 Å². The summed E-state index contributed by atoms with van der Waals surface area (Å²) in [6, 6.07) is 17.7. The second-order valence-corrected chi connectivity index (χ2v) is 6.77. The van der Waals surface area contributed by atoms with Crippen molar-refractivity contribution in [2.75, 3.05) is 18.2 Å². The molecule has 1 aromatic heterocycles. The van der Waals surface area contributed by atoms with Gasteiger partial charge >= 0.3 is 0 Å². The summed E-state index contributed by atoms with van der Waals surface area (Å²) in [7, 11) is 1.58. The Balaban J connectivity index is 1.69. The van der Waals surface area contributed by atoms with E-state index in [0.717, 1.165) is 11.3 Å². The summed E-state index contributed by atoms with van der Waals surface area (Å²) in [5.74, 6) is 0.769. The molecule has 0 spiro atoms. The number of hydrogen-bond donors (Lipinski definition) is 1. The Kier molecular flexibility index (Phi) is 5.93. The Morgan fingerprint density at radius 1 is 1.11 bits per heavy atom. The molecule has 138 valence electrons. The second-order valence-electron chi connectivity index (χ2n) is 5.77. The van der Waals surface area contributed by atoms with E-state index in [2.05, 4.69) is 10.4 Å². The third-order valence-electron chi connectivity index (χ3n) is 3.86. The lowest BCUT2D eigenvalue weighted by Crippen LogP contribution is -2.21. The van der Waals surface area contributed by atoms with E-state index in [1.165, 1.54) is 22.5 Å². The first-order valence-corrected chi connectivity index (χ1v) is 9.28. The Bertz CT molecular complexity index is 1000. The summed E-state index contributed by atoms with van der Waals surface area (Å²) in [4.78, 5) is 24.3. The van der Waals surface area contributed by atoms with Gasteiger partial charge in [-0.25, -0.2) is 0 Å². The zero-order valence-electron chi connectivity index (χ0n) is 15.0. The van der Waals surface area contributed by atoms with Crippen LogP contribution in [0.5, 0.6) is 5.75 Å². The van der Waals surface area contributed by atoms with Crippen LogP contribution >= 0.6 is 11.8 Å². The van der Waals surface area contributed by atoms with Gasteiger partial charge in [-0.2, -0.15) is 9.78 Å². The summed E-state index contributed by atoms with van der Waals surface area (Å²) in [5, 5.41) is 7.81. The van der Waals surface area contributed by atoms with Crippen molar-refractivity contribution in [3.05, 3.63) is 76.6 Å². The smallest absolute Gasteiger partial charge is 0.271 e. The maximum atomic E-state index is 12.2. The molecule has 0 saturated carbocycles. The topological polar surface area (TPSA) is 73.2 Å². The maximum Gasteiger partial charge on any atom is 0.271 e. The SMILES string of the molecule is COc1ccc(-n2nc(SCC(=O)Nc3ccccc3C)ccc2=O)cc1. The van der Waals surface area contributed by atoms with E-state index < -0.39 is 0 Å². The summed E-state index contributed by atoms with van der Waals surface area (Å²) >= 11 is 1.27. The fraction of sp³-hybridized carbons (Fsp3) is 0.150. The van der Waals surface area contributed by atoms with E-state index >= 15 is 0 Å². The number of nitrogens with zero attached hydrogens (tertiary/aromatic N) is 2. The number of carbonyl (C=O) groups is 1. The van der Waals surface area contributed by atoms with Crippen LogP contribution in [0.1, 0.15) is 5.56 Å². The minimum atomic E-state index is -0.242. The predicted octanol–water partition coefficient (Wildman–Crippen LogP) is 3.28. The number of carbonyl (C=O) groups excluding carboxylic acids is 1. The minimum Gasteiger partial charge on any atom is -0.497 e. The Morgan fingerprint density at radius 3 is 2.56 bits per heavy atom. The highest BCUT2D eigenvalue weighted by molar-refractivity contribution is 7.99. The number of aryl methyl sites for hydroxylation is 1. The molecule has 0 aliphatic heterocycles. The van der Waals surface area contributed by atoms with Crippen LogP contribution in [0.2, 0.25) is 0 Å². The third kappa shape index (κ3) is 4.77. The van der Waals surface area contributed by atoms with E-state index in [-0.39, 0.29) is 17.2 Å². The predicted molar refractivity (Wildman–Crippen MR) is 107 cm³/mol. The van der Waals surface area contributed by atoms with Crippen LogP contribution in [0, 0.1) is 6.92 Å². The molecule has 2 aromatic carbocycles. The zero-order chi connectivity index (χ0) is 19.2. The fourth-order valence-electron chi connectivity index (χ4n) is 2.42. The number of methoxy groups -OCH3 is 1. The van der Waals surface area contributed by atoms with Crippen LogP contribution in [-0.4, -0.2) is 28.6 Å². The maximum absolute atomic E-state index is 12.2. The molecule has 6 nitrogen and oxygen atoms in total. The van der Waals surface area contributed by atoms with Crippen LogP contribution in [0.15, 0.2) is 70.5 Å². The van der Waals surface area contributed by atoms with E-state index in [9.17, 15) is 9.59 Å². The standard InChI is InChI=1S/C20H19N3O3S/c1-14-5-3-4-6-17(14)21-18(24)13-27-19-11-12-20(25)23(22-19)15-7-9-16(26-2)10-8-15/h3-12H,13H2,1-2H3,(H,21,24). The number of nitrogens with one attached hydrogen (secondary N) is 1. The average Bonchev–Trinajstić information content (AvgIpc) is 2.69. The summed E-state index contributed by atoms with van der Waals surface area (Å²) < 4.78 is 6.43. The fourth-order valence-corrected chi connectivity index (χ4v) is 3.07. The van der Waals surface area contributed by atoms with Gasteiger partial charge in [0.05, 0.1) is 18.6 Å². The van der Waals surface area contributed by atoms with Gasteiger partial charge in [-0.15, -0.1) is 0 Å². The summed E-state index contributed by atoms with van der Waals surface area (Å²) in [6.45, 7) is 1.94. The van der Waals surface area contributed by atoms with Gasteiger partial charge in [0.2, 0.25) is 5.91 Å². The highest BCUT2D eigenvalue weighted by atomic mass is 32.2. The minimum absolute atomic E-state index is 0.127. The number of anilines is 1. The molecule has 1 amide bonds. The number of benzene rings is 2. The molecule has 0 fully saturated rings. The van der Waals surface area contributed by atoms with Gasteiger partial charge in [-0.05, 0) is 48.9 Å². The number of thioether (sulfide) groups is 1. The molecule has 1 N–H and O–H groups in total. The molecule has 3 rings (SSSR count). The van der Waals surface area contributed by atoms with Crippen molar-refractivity contribution in [2.24, 2.45) is 0 Å². The first kappa shape index (κ1) is 18.7. The van der Waals surface area contributed by atoms with Gasteiger partial charge < -0.3 is 10.1 Å². The number of rotatable bonds is 6. The first-order chi connectivity index (χ1) is 13.1. The lowest BCUT2D eigenvalue weighted by atomic mass is 10.2. The zero-order valence-corrected chi connectivity index (χ0v) is 15.8. The Labute approximate surface area is 161 Å². The van der Waals surface area contributed by atoms with Crippen molar-refractivity contribution in [2.45, 2.75) is 11.9 Å². The molecule has 0 aliphatic carbocycles. The van der Waals surface area contributed by atoms with Crippen LogP contribution in [0.4, 0.5) is 5.69 Å². The molecule has 1 heterocycles. The number of aromatic nitrogens is 2. The highest BCUT2D eigenvalue weighted by Gasteiger charge is 2.08. The Morgan fingerprint density at radius 2 is 1.85 bits per heavy atom. The molecule has 3 aromatic rings. The van der Waals surface area contributed by atoms with Crippen molar-refractivity contribution in [1.82, 2.24) is 9.78 Å². The largest absolute Gasteiger partial charge is 0.497 e. The second kappa shape index (κ2) is 8.55. The molecule has 0 radical (unpaired) electrons. The van der Waals surface area contributed by atoms with Crippen LogP contribution < -0.4 is 15.6 Å². The lowest BCUT2D eigenvalue weighted by Gasteiger charge is -2.09. The molecule has 0 aliphatic rings. The van der Waals surface area contributed by atoms with E-state index in [4.69, 9.17) is 4.74 Å². The van der Waals surface area contributed by atoms with Crippen LogP contribution in [0.25, 0.3) is 5.69 Å². The van der Waals surface area contributed by atoms with Gasteiger partial charge in [0.25, 0.3) is 5.56 Å². The molecule has 0 bridgehead atoms. The van der Waals surface area contributed by atoms with Crippen molar-refractivity contribution in [3.8, 4) is 11.4 Å². The normalized spacial score (nSPS) is 10.4. The van der Waals surface area contributed by atoms with E-state index in [1.54, 1.807) is 37.4 Å². The summed E-state index contributed by atoms with van der Waals surface area (Å²) in [5.41, 5.74) is 2.18. The number of para-hydroxylation sites is 1. The Hall–Kier alpha value is -3.06. The number of ether oxygens (including phenoxy) is 1. The molecule has 0 saturated heterocycles. The number of amides is 1. The monoisotopic (exact) mass is 381 g/mol. The molecule has 0 atom stereocenters. The van der Waals surface area contributed by atoms with E-state index in [0.29, 0.717) is 16.5 Å². The lowest BCUT2D eigenvalue weighted by molar-refractivity contribution is -0.113. The quantitative estimate of drug-likeness (QED) is 0.664. The van der Waals surface area contributed by atoms with Crippen LogP contribution in [-0.2, 0) is 4.79 Å². The molecular weight excluding hydrogens is 362 g/mol. The van der Waals surface area contributed by atoms with Gasteiger partial charge in [0, 0.05) is 11.8 Å².